The van der Waals surface area contributed by atoms with E-state index < -0.39 is 0 Å². The molecule has 3 aromatic rings. The molecular formula is C15H15ClN4OS. The van der Waals surface area contributed by atoms with Crippen molar-refractivity contribution in [1.29, 1.82) is 0 Å². The number of rotatable bonds is 3. The maximum absolute atomic E-state index is 12.2. The van der Waals surface area contributed by atoms with Gasteiger partial charge in [0.2, 0.25) is 0 Å². The number of aromatic amines is 1. The van der Waals surface area contributed by atoms with Gasteiger partial charge in [-0.25, -0.2) is 9.78 Å². The highest BCUT2D eigenvalue weighted by atomic mass is 35.5. The Labute approximate surface area is 136 Å². The molecule has 0 aliphatic carbocycles. The molecule has 1 N–H and O–H groups in total. The molecule has 0 spiro atoms. The van der Waals surface area contributed by atoms with Crippen molar-refractivity contribution >= 4 is 29.0 Å². The van der Waals surface area contributed by atoms with Gasteiger partial charge in [-0.05, 0) is 29.9 Å². The van der Waals surface area contributed by atoms with Crippen molar-refractivity contribution in [3.8, 4) is 11.1 Å². The van der Waals surface area contributed by atoms with Crippen LogP contribution in [0.3, 0.4) is 0 Å². The Kier molecular flexibility index (Phi) is 3.97. The smallest absolute Gasteiger partial charge is 0.285 e. The van der Waals surface area contributed by atoms with E-state index in [0.717, 1.165) is 16.8 Å². The zero-order valence-electron chi connectivity index (χ0n) is 12.4. The molecule has 5 nitrogen and oxygen atoms in total. The summed E-state index contributed by atoms with van der Waals surface area (Å²) >= 11 is 7.36. The van der Waals surface area contributed by atoms with E-state index in [0.29, 0.717) is 15.8 Å². The lowest BCUT2D eigenvalue weighted by Crippen LogP contribution is -2.19. The lowest BCUT2D eigenvalue weighted by Gasteiger charge is -2.06. The Hall–Kier alpha value is -1.79. The summed E-state index contributed by atoms with van der Waals surface area (Å²) in [5.41, 5.74) is 2.97. The van der Waals surface area contributed by atoms with Crippen molar-refractivity contribution in [3.63, 3.8) is 0 Å². The SMILES string of the molecule is CSc1nc2c(-c3ccc(Cl)cc3)c(C(C)C)nn2c(=O)[nH]1. The molecule has 0 atom stereocenters. The van der Waals surface area contributed by atoms with Gasteiger partial charge in [-0.3, -0.25) is 4.98 Å². The maximum Gasteiger partial charge on any atom is 0.350 e. The van der Waals surface area contributed by atoms with Gasteiger partial charge >= 0.3 is 5.69 Å². The topological polar surface area (TPSA) is 63.1 Å². The first-order valence-corrected chi connectivity index (χ1v) is 8.44. The van der Waals surface area contributed by atoms with Crippen molar-refractivity contribution in [2.45, 2.75) is 24.9 Å². The van der Waals surface area contributed by atoms with Crippen molar-refractivity contribution in [1.82, 2.24) is 19.6 Å². The van der Waals surface area contributed by atoms with Gasteiger partial charge in [-0.1, -0.05) is 49.3 Å². The van der Waals surface area contributed by atoms with E-state index >= 15 is 0 Å². The summed E-state index contributed by atoms with van der Waals surface area (Å²) in [5, 5.41) is 5.69. The summed E-state index contributed by atoms with van der Waals surface area (Å²) in [6, 6.07) is 7.50. The molecule has 2 heterocycles. The fraction of sp³-hybridized carbons (Fsp3) is 0.267. The van der Waals surface area contributed by atoms with Crippen LogP contribution in [0.5, 0.6) is 0 Å². The van der Waals surface area contributed by atoms with Gasteiger partial charge in [0, 0.05) is 5.02 Å². The molecule has 0 saturated heterocycles. The molecule has 0 radical (unpaired) electrons. The highest BCUT2D eigenvalue weighted by molar-refractivity contribution is 7.98. The van der Waals surface area contributed by atoms with Crippen LogP contribution in [0.15, 0.2) is 34.2 Å². The molecule has 2 aromatic heterocycles. The van der Waals surface area contributed by atoms with Gasteiger partial charge in [0.25, 0.3) is 0 Å². The van der Waals surface area contributed by atoms with Crippen LogP contribution >= 0.6 is 23.4 Å². The van der Waals surface area contributed by atoms with Crippen LogP contribution in [-0.2, 0) is 0 Å². The Morgan fingerprint density at radius 3 is 2.55 bits per heavy atom. The molecule has 0 aliphatic rings. The molecule has 7 heteroatoms. The van der Waals surface area contributed by atoms with Crippen molar-refractivity contribution < 1.29 is 0 Å². The Balaban J connectivity index is 2.39. The largest absolute Gasteiger partial charge is 0.350 e. The van der Waals surface area contributed by atoms with Gasteiger partial charge in [-0.15, -0.1) is 0 Å². The zero-order valence-corrected chi connectivity index (χ0v) is 14.0. The minimum absolute atomic E-state index is 0.171. The number of nitrogens with one attached hydrogen (secondary N) is 1. The third-order valence-corrected chi connectivity index (χ3v) is 4.21. The van der Waals surface area contributed by atoms with Crippen molar-refractivity contribution in [2.75, 3.05) is 6.26 Å². The number of nitrogens with zero attached hydrogens (tertiary/aromatic N) is 3. The fourth-order valence-electron chi connectivity index (χ4n) is 2.33. The van der Waals surface area contributed by atoms with Gasteiger partial charge in [-0.2, -0.15) is 9.61 Å². The molecule has 3 rings (SSSR count). The summed E-state index contributed by atoms with van der Waals surface area (Å²) in [4.78, 5) is 19.4. The van der Waals surface area contributed by atoms with Crippen LogP contribution in [0, 0.1) is 0 Å². The second-order valence-corrected chi connectivity index (χ2v) is 6.44. The average Bonchev–Trinajstić information content (AvgIpc) is 2.88. The molecule has 0 amide bonds. The molecule has 22 heavy (non-hydrogen) atoms. The minimum Gasteiger partial charge on any atom is -0.285 e. The van der Waals surface area contributed by atoms with Crippen LogP contribution < -0.4 is 5.69 Å². The van der Waals surface area contributed by atoms with E-state index in [1.165, 1.54) is 16.3 Å². The Bertz CT molecular complexity index is 883. The van der Waals surface area contributed by atoms with Crippen LogP contribution in [0.4, 0.5) is 0 Å². The number of halogens is 1. The maximum atomic E-state index is 12.2. The molecule has 1 aromatic carbocycles. The zero-order chi connectivity index (χ0) is 15.9. The molecule has 0 saturated carbocycles. The standard InChI is InChI=1S/C15H15ClN4OS/c1-8(2)12-11(9-4-6-10(16)7-5-9)13-17-14(22-3)18-15(21)20(13)19-12/h4-8H,1-3H3,(H,17,18,21). The van der Waals surface area contributed by atoms with Gasteiger partial charge in [0.05, 0.1) is 11.3 Å². The Morgan fingerprint density at radius 2 is 1.95 bits per heavy atom. The Morgan fingerprint density at radius 1 is 1.27 bits per heavy atom. The molecular weight excluding hydrogens is 320 g/mol. The number of hydrogen-bond donors (Lipinski definition) is 1. The predicted octanol–water partition coefficient (Wildman–Crippen LogP) is 3.58. The van der Waals surface area contributed by atoms with Gasteiger partial charge in [0.1, 0.15) is 0 Å². The normalized spacial score (nSPS) is 11.5. The molecule has 0 fully saturated rings. The van der Waals surface area contributed by atoms with E-state index in [1.807, 2.05) is 44.4 Å². The van der Waals surface area contributed by atoms with Gasteiger partial charge < -0.3 is 0 Å². The highest BCUT2D eigenvalue weighted by Gasteiger charge is 2.20. The quantitative estimate of drug-likeness (QED) is 0.743. The number of fused-ring (bicyclic) bond motifs is 1. The summed E-state index contributed by atoms with van der Waals surface area (Å²) < 4.78 is 1.33. The number of aromatic nitrogens is 4. The number of hydrogen-bond acceptors (Lipinski definition) is 4. The first kappa shape index (κ1) is 15.1. The summed E-state index contributed by atoms with van der Waals surface area (Å²) in [6.07, 6.45) is 1.87. The second-order valence-electron chi connectivity index (χ2n) is 5.21. The number of H-pyrrole nitrogens is 1. The summed E-state index contributed by atoms with van der Waals surface area (Å²) in [5.74, 6) is 0.171. The molecule has 0 aliphatic heterocycles. The lowest BCUT2D eigenvalue weighted by atomic mass is 10.00. The number of thioether (sulfide) groups is 1. The molecule has 0 bridgehead atoms. The highest BCUT2D eigenvalue weighted by Crippen LogP contribution is 2.32. The van der Waals surface area contributed by atoms with E-state index in [1.54, 1.807) is 0 Å². The minimum atomic E-state index is -0.281. The van der Waals surface area contributed by atoms with E-state index in [2.05, 4.69) is 15.1 Å². The molecule has 114 valence electrons. The van der Waals surface area contributed by atoms with Crippen LogP contribution in [-0.4, -0.2) is 25.8 Å². The van der Waals surface area contributed by atoms with E-state index in [-0.39, 0.29) is 11.6 Å². The third-order valence-electron chi connectivity index (χ3n) is 3.37. The fourth-order valence-corrected chi connectivity index (χ4v) is 2.83. The monoisotopic (exact) mass is 334 g/mol. The first-order chi connectivity index (χ1) is 10.5. The second kappa shape index (κ2) is 5.78. The molecule has 0 unspecified atom stereocenters. The van der Waals surface area contributed by atoms with Crippen LogP contribution in [0.1, 0.15) is 25.5 Å². The lowest BCUT2D eigenvalue weighted by molar-refractivity contribution is 0.742. The summed E-state index contributed by atoms with van der Waals surface area (Å²) in [6.45, 7) is 4.09. The third kappa shape index (κ3) is 2.53. The number of benzene rings is 1. The van der Waals surface area contributed by atoms with E-state index in [9.17, 15) is 4.79 Å². The van der Waals surface area contributed by atoms with Crippen molar-refractivity contribution in [2.24, 2.45) is 0 Å². The van der Waals surface area contributed by atoms with Crippen molar-refractivity contribution in [3.05, 3.63) is 45.5 Å². The van der Waals surface area contributed by atoms with E-state index in [4.69, 9.17) is 11.6 Å². The predicted molar refractivity (Wildman–Crippen MR) is 89.9 cm³/mol. The summed E-state index contributed by atoms with van der Waals surface area (Å²) in [7, 11) is 0. The van der Waals surface area contributed by atoms with Gasteiger partial charge in [0.15, 0.2) is 10.8 Å². The average molecular weight is 335 g/mol. The van der Waals surface area contributed by atoms with Crippen LogP contribution in [0.25, 0.3) is 16.8 Å². The van der Waals surface area contributed by atoms with Crippen LogP contribution in [0.2, 0.25) is 5.02 Å². The first-order valence-electron chi connectivity index (χ1n) is 6.84.